The van der Waals surface area contributed by atoms with Crippen molar-refractivity contribution in [1.29, 1.82) is 0 Å². The van der Waals surface area contributed by atoms with Crippen molar-refractivity contribution in [2.75, 3.05) is 139 Å². The number of hydrogen-bond acceptors (Lipinski definition) is 44. The fourth-order valence-corrected chi connectivity index (χ4v) is 16.1. The molecule has 5 aliphatic heterocycles. The fraction of sp³-hybridized carbons (Fsp3) is 0.831. The highest BCUT2D eigenvalue weighted by Gasteiger charge is 2.50. The van der Waals surface area contributed by atoms with Gasteiger partial charge in [-0.2, -0.15) is 0 Å². The minimum absolute atomic E-state index is 0.000419. The number of aliphatic hydroxyl groups is 12. The Morgan fingerprint density at radius 1 is 0.447 bits per heavy atom. The van der Waals surface area contributed by atoms with Gasteiger partial charge in [-0.25, -0.2) is 23.3 Å². The predicted octanol–water partition coefficient (Wildman–Crippen LogP) is -9.22. The highest BCUT2D eigenvalue weighted by molar-refractivity contribution is 7.47. The largest absolute Gasteiger partial charge is 0.472 e. The van der Waals surface area contributed by atoms with Crippen LogP contribution in [-0.4, -0.2) is 446 Å². The summed E-state index contributed by atoms with van der Waals surface area (Å²) < 4.78 is 110. The third-order valence-corrected chi connectivity index (χ3v) is 22.9. The van der Waals surface area contributed by atoms with Crippen molar-refractivity contribution in [3.05, 3.63) is 47.6 Å². The summed E-state index contributed by atoms with van der Waals surface area (Å²) in [5.41, 5.74) is 1.99. The summed E-state index contributed by atoms with van der Waals surface area (Å²) in [5.74, 6) is -2.41. The van der Waals surface area contributed by atoms with E-state index in [1.165, 1.54) is 34.8 Å². The number of amides is 5. The Kier molecular flexibility index (Phi) is 46.5. The number of unbranched alkanes of at least 4 members (excludes halogenated alkanes) is 4. The number of hydrogen-bond donors (Lipinski definition) is 18. The number of phosphoric acid groups is 1. The summed E-state index contributed by atoms with van der Waals surface area (Å²) in [4.78, 5) is 77.7. The second-order valence-corrected chi connectivity index (χ2v) is 33.5. The number of methoxy groups -OCH3 is 1. The zero-order valence-electron chi connectivity index (χ0n) is 74.5. The van der Waals surface area contributed by atoms with Crippen LogP contribution in [0.3, 0.4) is 0 Å². The minimum atomic E-state index is -4.46. The number of nitrogens with zero attached hydrogens (tertiary/aromatic N) is 14. The highest BCUT2D eigenvalue weighted by Crippen LogP contribution is 2.47. The number of ether oxygens (including phenoxy) is 14. The highest BCUT2D eigenvalue weighted by atomic mass is 31.2. The van der Waals surface area contributed by atoms with Crippen molar-refractivity contribution in [3.8, 4) is 0 Å². The SMILES string of the molecule is COC1OCC[C@H]1OP(=O)(O)OCCCCCCNC(=O)[C@H](CCCCN(Cc1cn(CCOCCO[C@@H]2O[C@H](CO)[C@H](O)[C@H](O)[C@H]2NC(C)=O)nn1)Cc1cn(CCOCCO[C@@H]2O[C@H](CO)[C@H](O)[C@H](O)[C@H]2NC(C)=O)nn1)N(Cc1cn(CCOCCO[C@@H]2O[C@H](CO)[C@H](O)[C@H](O)[C@H]2NC(C)=O)nn1)Cc1cn(CCOCCO[C@@H]2O[C@H](CO)[C@H](O)[C@H](O)[C@H]2NC(C)=O)nn1. The van der Waals surface area contributed by atoms with Crippen LogP contribution in [0, 0.1) is 0 Å². The Balaban J connectivity index is 0.893. The average Bonchev–Trinajstić information content (AvgIpc) is 1.09. The van der Waals surface area contributed by atoms with Gasteiger partial charge in [-0.1, -0.05) is 40.1 Å². The number of nitrogens with one attached hydrogen (secondary N) is 5. The Labute approximate surface area is 760 Å². The molecule has 0 aliphatic carbocycles. The molecule has 9 heterocycles. The van der Waals surface area contributed by atoms with Crippen LogP contribution in [0.2, 0.25) is 0 Å². The van der Waals surface area contributed by atoms with E-state index in [0.717, 1.165) is 0 Å². The van der Waals surface area contributed by atoms with Crippen molar-refractivity contribution in [3.63, 3.8) is 0 Å². The molecular formula is C77H132N19O35P. The lowest BCUT2D eigenvalue weighted by Gasteiger charge is -2.42. The normalized spacial score (nSPS) is 28.2. The molecule has 0 spiro atoms. The molecular weight excluding hydrogens is 1780 g/mol. The van der Waals surface area contributed by atoms with E-state index >= 15 is 4.79 Å². The van der Waals surface area contributed by atoms with Gasteiger partial charge in [0.25, 0.3) is 0 Å². The number of aliphatic hydroxyl groups excluding tert-OH is 12. The molecule has 750 valence electrons. The van der Waals surface area contributed by atoms with Crippen LogP contribution in [-0.2, 0) is 156 Å². The zero-order valence-corrected chi connectivity index (χ0v) is 75.4. The lowest BCUT2D eigenvalue weighted by molar-refractivity contribution is -0.272. The third-order valence-electron chi connectivity index (χ3n) is 21.8. The fourth-order valence-electron chi connectivity index (χ4n) is 15.1. The summed E-state index contributed by atoms with van der Waals surface area (Å²) >= 11 is 0. The molecule has 18 N–H and O–H groups in total. The van der Waals surface area contributed by atoms with Crippen LogP contribution in [0.5, 0.6) is 0 Å². The quantitative estimate of drug-likeness (QED) is 0.0144. The van der Waals surface area contributed by atoms with E-state index in [1.54, 1.807) is 43.5 Å². The number of phosphoric ester groups is 1. The first-order valence-corrected chi connectivity index (χ1v) is 45.4. The van der Waals surface area contributed by atoms with E-state index < -0.39 is 199 Å². The maximum atomic E-state index is 15.2. The van der Waals surface area contributed by atoms with Crippen molar-refractivity contribution in [1.82, 2.24) is 96.4 Å². The molecule has 55 heteroatoms. The molecule has 2 unspecified atom stereocenters. The van der Waals surface area contributed by atoms with E-state index in [-0.39, 0.29) is 164 Å². The molecule has 5 fully saturated rings. The second kappa shape index (κ2) is 56.6. The topological polar surface area (TPSA) is 703 Å². The summed E-state index contributed by atoms with van der Waals surface area (Å²) in [7, 11) is -3.06. The van der Waals surface area contributed by atoms with Crippen molar-refractivity contribution in [2.45, 2.75) is 272 Å². The first kappa shape index (κ1) is 109. The molecule has 5 aliphatic rings. The predicted molar refractivity (Wildman–Crippen MR) is 443 cm³/mol. The standard InChI is InChI=1S/C77H132N19O35P/c1-46(101)79-60-68(109)64(105)56(42-97)127-74(60)122-30-26-117-22-16-93-38-50(83-87-93)34-91(35-51-39-94(88-84-51)17-23-118-27-31-123-75-61(80-47(2)102)69(110)65(106)57(43-98)128-75)15-10-8-12-54(72(113)78-14-9-6-7-11-20-126-132(114,115)131-55-13-21-121-73(55)116-5)92(36-52-40-95(89-85-52)18-24-119-28-32-124-76-62(81-48(3)103)70(111)66(107)58(44-99)129-76)37-53-41-96(90-86-53)19-25-120-29-33-125-77-63(82-49(4)104)71(112)67(108)59(45-100)130-77/h38-41,54-71,73-77,97-100,105-112H,6-37,42-45H2,1-5H3,(H,78,113)(H,79,101)(H,80,102)(H,81,103)(H,82,104)(H,114,115)/t54-,55+,56+,57+,58+,59+,60+,61+,62+,63+,64-,65-,66-,67-,68+,69+,70+,71+,73?,74+,75+,76+,77+/m0/s1. The van der Waals surface area contributed by atoms with Crippen molar-refractivity contribution < 1.29 is 170 Å². The molecule has 132 heavy (non-hydrogen) atoms. The molecule has 4 aromatic rings. The van der Waals surface area contributed by atoms with Crippen LogP contribution in [0.4, 0.5) is 0 Å². The Hall–Kier alpha value is -7.10. The first-order chi connectivity index (χ1) is 63.5. The van der Waals surface area contributed by atoms with Crippen LogP contribution in [0.1, 0.15) is 102 Å². The first-order valence-electron chi connectivity index (χ1n) is 43.9. The third kappa shape index (κ3) is 34.9. The molecule has 9 rings (SSSR count). The lowest BCUT2D eigenvalue weighted by atomic mass is 9.97. The molecule has 5 saturated heterocycles. The Morgan fingerprint density at radius 2 is 0.788 bits per heavy atom. The van der Waals surface area contributed by atoms with Crippen LogP contribution >= 0.6 is 7.82 Å². The number of carbonyl (C=O) groups excluding carboxylic acids is 5. The monoisotopic (exact) mass is 1910 g/mol. The maximum Gasteiger partial charge on any atom is 0.472 e. The van der Waals surface area contributed by atoms with Gasteiger partial charge in [-0.15, -0.1) is 20.4 Å². The number of carbonyl (C=O) groups is 5. The average molecular weight is 1910 g/mol. The lowest BCUT2D eigenvalue weighted by Crippen LogP contribution is -2.64. The molecule has 5 amide bonds. The van der Waals surface area contributed by atoms with Gasteiger partial charge < -0.3 is 159 Å². The van der Waals surface area contributed by atoms with Crippen molar-refractivity contribution in [2.24, 2.45) is 0 Å². The van der Waals surface area contributed by atoms with Gasteiger partial charge >= 0.3 is 7.82 Å². The van der Waals surface area contributed by atoms with Crippen LogP contribution < -0.4 is 26.6 Å². The molecule has 0 radical (unpaired) electrons. The van der Waals surface area contributed by atoms with Crippen LogP contribution in [0.25, 0.3) is 0 Å². The van der Waals surface area contributed by atoms with E-state index in [2.05, 4.69) is 72.7 Å². The molecule has 0 saturated carbocycles. The smallest absolute Gasteiger partial charge is 0.394 e. The van der Waals surface area contributed by atoms with Gasteiger partial charge in [-0.3, -0.25) is 42.8 Å². The number of aromatic nitrogens is 12. The van der Waals surface area contributed by atoms with E-state index in [4.69, 9.17) is 75.4 Å². The minimum Gasteiger partial charge on any atom is -0.394 e. The van der Waals surface area contributed by atoms with Gasteiger partial charge in [0.2, 0.25) is 29.5 Å². The van der Waals surface area contributed by atoms with Gasteiger partial charge in [0, 0.05) is 98.7 Å². The molecule has 54 nitrogen and oxygen atoms in total. The molecule has 0 bridgehead atoms. The van der Waals surface area contributed by atoms with Gasteiger partial charge in [0.1, 0.15) is 104 Å². The molecule has 0 aromatic carbocycles. The number of rotatable bonds is 62. The Morgan fingerprint density at radius 3 is 1.12 bits per heavy atom. The van der Waals surface area contributed by atoms with Gasteiger partial charge in [-0.05, 0) is 32.2 Å². The Bertz CT molecular complexity index is 3860. The molecule has 24 atom stereocenters. The molecule has 4 aromatic heterocycles. The summed E-state index contributed by atoms with van der Waals surface area (Å²) in [6, 6.07) is -5.51. The van der Waals surface area contributed by atoms with Crippen LogP contribution in [0.15, 0.2) is 24.8 Å². The van der Waals surface area contributed by atoms with E-state index in [1.807, 2.05) is 4.90 Å². The van der Waals surface area contributed by atoms with Gasteiger partial charge in [0.05, 0.1) is 174 Å². The maximum absolute atomic E-state index is 15.2. The van der Waals surface area contributed by atoms with Gasteiger partial charge in [0.15, 0.2) is 31.5 Å². The van der Waals surface area contributed by atoms with E-state index in [9.17, 15) is 89.9 Å². The zero-order chi connectivity index (χ0) is 95.2. The van der Waals surface area contributed by atoms with E-state index in [0.29, 0.717) is 74.3 Å². The summed E-state index contributed by atoms with van der Waals surface area (Å²) in [5, 5.41) is 173. The summed E-state index contributed by atoms with van der Waals surface area (Å²) in [6.45, 7) is 4.79. The van der Waals surface area contributed by atoms with Crippen molar-refractivity contribution >= 4 is 37.4 Å². The summed E-state index contributed by atoms with van der Waals surface area (Å²) in [6.07, 6.45) is -12.9. The second-order valence-electron chi connectivity index (χ2n) is 32.1.